The molecule has 0 atom stereocenters. The van der Waals surface area contributed by atoms with Gasteiger partial charge in [-0.15, -0.1) is 0 Å². The van der Waals surface area contributed by atoms with Gasteiger partial charge in [-0.3, -0.25) is 4.79 Å². The standard InChI is InChI=1S/C19H24O5/c1-4-9-19(10-11-19)18(21)24-12-14-7-5-6-8-15(14)16(13-22-2)17(20)23-3/h5-8,13H,4,9-12H2,1-3H3. The Balaban J connectivity index is 2.15. The first-order valence-corrected chi connectivity index (χ1v) is 8.14. The summed E-state index contributed by atoms with van der Waals surface area (Å²) in [7, 11) is 2.78. The maximum atomic E-state index is 12.3. The number of hydrogen-bond donors (Lipinski definition) is 0. The lowest BCUT2D eigenvalue weighted by molar-refractivity contribution is -0.152. The highest BCUT2D eigenvalue weighted by atomic mass is 16.5. The Hall–Kier alpha value is -2.30. The van der Waals surface area contributed by atoms with Crippen molar-refractivity contribution in [1.82, 2.24) is 0 Å². The Morgan fingerprint density at radius 2 is 1.92 bits per heavy atom. The molecule has 5 heteroatoms. The lowest BCUT2D eigenvalue weighted by atomic mass is 10.00. The van der Waals surface area contributed by atoms with Crippen LogP contribution in [-0.2, 0) is 30.4 Å². The molecule has 1 saturated carbocycles. The average Bonchev–Trinajstić information content (AvgIpc) is 3.38. The maximum absolute atomic E-state index is 12.3. The number of hydrogen-bond acceptors (Lipinski definition) is 5. The molecule has 24 heavy (non-hydrogen) atoms. The van der Waals surface area contributed by atoms with Crippen LogP contribution >= 0.6 is 0 Å². The van der Waals surface area contributed by atoms with E-state index in [4.69, 9.17) is 14.2 Å². The molecule has 1 aromatic carbocycles. The SMILES string of the molecule is CCCC1(C(=O)OCc2ccccc2C(=COC)C(=O)OC)CC1. The van der Waals surface area contributed by atoms with Crippen molar-refractivity contribution in [3.8, 4) is 0 Å². The number of benzene rings is 1. The van der Waals surface area contributed by atoms with Gasteiger partial charge in [-0.05, 0) is 30.4 Å². The molecule has 1 aliphatic carbocycles. The predicted molar refractivity (Wildman–Crippen MR) is 89.8 cm³/mol. The summed E-state index contributed by atoms with van der Waals surface area (Å²) in [5.74, 6) is -0.644. The van der Waals surface area contributed by atoms with Crippen LogP contribution in [0, 0.1) is 5.41 Å². The maximum Gasteiger partial charge on any atom is 0.341 e. The summed E-state index contributed by atoms with van der Waals surface area (Å²) >= 11 is 0. The van der Waals surface area contributed by atoms with Gasteiger partial charge in [-0.2, -0.15) is 0 Å². The molecule has 1 aliphatic rings. The lowest BCUT2D eigenvalue weighted by Crippen LogP contribution is -2.19. The van der Waals surface area contributed by atoms with E-state index in [0.717, 1.165) is 31.2 Å². The zero-order valence-corrected chi connectivity index (χ0v) is 14.5. The number of esters is 2. The molecule has 5 nitrogen and oxygen atoms in total. The molecule has 0 spiro atoms. The molecule has 0 aromatic heterocycles. The fourth-order valence-electron chi connectivity index (χ4n) is 2.84. The van der Waals surface area contributed by atoms with Gasteiger partial charge in [0.25, 0.3) is 0 Å². The van der Waals surface area contributed by atoms with Gasteiger partial charge in [0, 0.05) is 0 Å². The zero-order chi connectivity index (χ0) is 17.6. The Morgan fingerprint density at radius 1 is 1.21 bits per heavy atom. The molecule has 2 rings (SSSR count). The smallest absolute Gasteiger partial charge is 0.341 e. The van der Waals surface area contributed by atoms with Crippen molar-refractivity contribution in [3.63, 3.8) is 0 Å². The van der Waals surface area contributed by atoms with Crippen molar-refractivity contribution in [2.45, 2.75) is 39.2 Å². The number of rotatable bonds is 8. The molecule has 0 radical (unpaired) electrons. The third kappa shape index (κ3) is 3.96. The highest BCUT2D eigenvalue weighted by Crippen LogP contribution is 2.50. The van der Waals surface area contributed by atoms with Gasteiger partial charge in [0.05, 0.1) is 25.9 Å². The molecule has 0 saturated heterocycles. The third-order valence-corrected chi connectivity index (χ3v) is 4.32. The van der Waals surface area contributed by atoms with Crippen molar-refractivity contribution in [3.05, 3.63) is 41.7 Å². The summed E-state index contributed by atoms with van der Waals surface area (Å²) < 4.78 is 15.3. The van der Waals surface area contributed by atoms with Crippen molar-refractivity contribution >= 4 is 17.5 Å². The molecule has 0 aliphatic heterocycles. The topological polar surface area (TPSA) is 61.8 Å². The first kappa shape index (κ1) is 18.0. The van der Waals surface area contributed by atoms with Crippen LogP contribution in [0.5, 0.6) is 0 Å². The van der Waals surface area contributed by atoms with E-state index in [-0.39, 0.29) is 18.0 Å². The molecule has 130 valence electrons. The van der Waals surface area contributed by atoms with E-state index >= 15 is 0 Å². The monoisotopic (exact) mass is 332 g/mol. The number of methoxy groups -OCH3 is 2. The van der Waals surface area contributed by atoms with E-state index in [9.17, 15) is 9.59 Å². The van der Waals surface area contributed by atoms with Crippen LogP contribution < -0.4 is 0 Å². The summed E-state index contributed by atoms with van der Waals surface area (Å²) in [6.45, 7) is 2.19. The highest BCUT2D eigenvalue weighted by molar-refractivity contribution is 6.16. The predicted octanol–water partition coefficient (Wildman–Crippen LogP) is 3.47. The van der Waals surface area contributed by atoms with E-state index in [1.54, 1.807) is 6.07 Å². The molecule has 0 heterocycles. The Bertz CT molecular complexity index is 628. The fourth-order valence-corrected chi connectivity index (χ4v) is 2.84. The molecule has 0 N–H and O–H groups in total. The van der Waals surface area contributed by atoms with Crippen molar-refractivity contribution in [2.75, 3.05) is 14.2 Å². The second kappa shape index (κ2) is 7.99. The van der Waals surface area contributed by atoms with Crippen molar-refractivity contribution in [2.24, 2.45) is 5.41 Å². The van der Waals surface area contributed by atoms with Crippen LogP contribution in [0.4, 0.5) is 0 Å². The van der Waals surface area contributed by atoms with E-state index in [1.807, 2.05) is 18.2 Å². The van der Waals surface area contributed by atoms with E-state index < -0.39 is 5.97 Å². The molecular weight excluding hydrogens is 308 g/mol. The molecule has 0 amide bonds. The lowest BCUT2D eigenvalue weighted by Gasteiger charge is -2.15. The van der Waals surface area contributed by atoms with E-state index in [0.29, 0.717) is 11.1 Å². The first-order valence-electron chi connectivity index (χ1n) is 8.14. The van der Waals surface area contributed by atoms with E-state index in [1.165, 1.54) is 20.5 Å². The van der Waals surface area contributed by atoms with Crippen molar-refractivity contribution < 1.29 is 23.8 Å². The Labute approximate surface area is 142 Å². The zero-order valence-electron chi connectivity index (χ0n) is 14.5. The summed E-state index contributed by atoms with van der Waals surface area (Å²) in [5, 5.41) is 0. The van der Waals surface area contributed by atoms with Crippen molar-refractivity contribution in [1.29, 1.82) is 0 Å². The largest absolute Gasteiger partial charge is 0.503 e. The minimum absolute atomic E-state index is 0.124. The van der Waals surface area contributed by atoms with Gasteiger partial charge in [-0.1, -0.05) is 37.6 Å². The van der Waals surface area contributed by atoms with Gasteiger partial charge in [0.15, 0.2) is 0 Å². The van der Waals surface area contributed by atoms with Crippen LogP contribution in [0.3, 0.4) is 0 Å². The number of ether oxygens (including phenoxy) is 3. The Morgan fingerprint density at radius 3 is 2.50 bits per heavy atom. The third-order valence-electron chi connectivity index (χ3n) is 4.32. The van der Waals surface area contributed by atoms with E-state index in [2.05, 4.69) is 6.92 Å². The highest BCUT2D eigenvalue weighted by Gasteiger charge is 2.50. The number of carbonyl (C=O) groups is 2. The minimum atomic E-state index is -0.500. The van der Waals surface area contributed by atoms with Crippen LogP contribution in [0.15, 0.2) is 30.5 Å². The van der Waals surface area contributed by atoms with Crippen LogP contribution in [0.25, 0.3) is 5.57 Å². The van der Waals surface area contributed by atoms with Crippen LogP contribution in [0.1, 0.15) is 43.7 Å². The summed E-state index contributed by atoms with van der Waals surface area (Å²) in [5.41, 5.74) is 1.39. The van der Waals surface area contributed by atoms with Gasteiger partial charge >= 0.3 is 11.9 Å². The quantitative estimate of drug-likeness (QED) is 0.414. The van der Waals surface area contributed by atoms with Gasteiger partial charge < -0.3 is 14.2 Å². The second-order valence-corrected chi connectivity index (χ2v) is 6.02. The molecular formula is C19H24O5. The minimum Gasteiger partial charge on any atom is -0.503 e. The van der Waals surface area contributed by atoms with Gasteiger partial charge in [0.2, 0.25) is 0 Å². The summed E-state index contributed by atoms with van der Waals surface area (Å²) in [4.78, 5) is 24.3. The normalized spacial score (nSPS) is 15.5. The average molecular weight is 332 g/mol. The van der Waals surface area contributed by atoms with Crippen LogP contribution in [-0.4, -0.2) is 26.2 Å². The molecule has 1 aromatic rings. The summed E-state index contributed by atoms with van der Waals surface area (Å²) in [6.07, 6.45) is 4.97. The molecule has 0 bridgehead atoms. The Kier molecular flexibility index (Phi) is 6.01. The number of carbonyl (C=O) groups excluding carboxylic acids is 2. The van der Waals surface area contributed by atoms with Gasteiger partial charge in [0.1, 0.15) is 12.2 Å². The van der Waals surface area contributed by atoms with Gasteiger partial charge in [-0.25, -0.2) is 4.79 Å². The van der Waals surface area contributed by atoms with Crippen LogP contribution in [0.2, 0.25) is 0 Å². The second-order valence-electron chi connectivity index (χ2n) is 6.02. The fraction of sp³-hybridized carbons (Fsp3) is 0.474. The molecule has 1 fully saturated rings. The first-order chi connectivity index (χ1) is 11.6. The summed E-state index contributed by atoms with van der Waals surface area (Å²) in [6, 6.07) is 7.26. The molecule has 0 unspecified atom stereocenters.